The summed E-state index contributed by atoms with van der Waals surface area (Å²) in [5, 5.41) is 4.45. The van der Waals surface area contributed by atoms with Crippen molar-refractivity contribution in [3.8, 4) is 11.1 Å². The monoisotopic (exact) mass is 416 g/mol. The van der Waals surface area contributed by atoms with Crippen molar-refractivity contribution in [1.29, 1.82) is 0 Å². The first-order valence-electron chi connectivity index (χ1n) is 11.0. The zero-order valence-corrected chi connectivity index (χ0v) is 17.8. The number of aromatic nitrogens is 4. The molecule has 4 N–H and O–H groups in total. The number of nitrogen functional groups attached to an aromatic ring is 1. The molecule has 1 aromatic carbocycles. The summed E-state index contributed by atoms with van der Waals surface area (Å²) >= 11 is 0. The average molecular weight is 417 g/mol. The number of ether oxygens (including phenoxy) is 1. The molecule has 0 saturated carbocycles. The number of piperidine rings is 1. The van der Waals surface area contributed by atoms with Crippen LogP contribution in [0, 0.1) is 5.92 Å². The highest BCUT2D eigenvalue weighted by atomic mass is 16.5. The van der Waals surface area contributed by atoms with Crippen LogP contribution in [0.3, 0.4) is 0 Å². The summed E-state index contributed by atoms with van der Waals surface area (Å²) < 4.78 is 5.85. The minimum Gasteiger partial charge on any atom is -0.382 e. The zero-order chi connectivity index (χ0) is 21.2. The fraction of sp³-hybridized carbons (Fsp3) is 0.375. The quantitative estimate of drug-likeness (QED) is 0.441. The molecule has 31 heavy (non-hydrogen) atoms. The molecule has 1 saturated heterocycles. The number of fused-ring (bicyclic) bond motifs is 3. The van der Waals surface area contributed by atoms with Gasteiger partial charge in [0, 0.05) is 35.9 Å². The third-order valence-electron chi connectivity index (χ3n) is 6.27. The van der Waals surface area contributed by atoms with E-state index in [-0.39, 0.29) is 5.92 Å². The Morgan fingerprint density at radius 2 is 2.03 bits per heavy atom. The molecule has 7 heteroatoms. The topological polar surface area (TPSA) is 102 Å². The molecule has 0 amide bonds. The Bertz CT molecular complexity index is 1180. The second-order valence-electron chi connectivity index (χ2n) is 8.17. The van der Waals surface area contributed by atoms with E-state index < -0.39 is 0 Å². The van der Waals surface area contributed by atoms with Crippen molar-refractivity contribution in [3.05, 3.63) is 48.5 Å². The van der Waals surface area contributed by atoms with E-state index in [1.807, 2.05) is 25.3 Å². The highest BCUT2D eigenvalue weighted by molar-refractivity contribution is 6.07. The fourth-order valence-electron chi connectivity index (χ4n) is 4.60. The van der Waals surface area contributed by atoms with Crippen LogP contribution in [0.4, 0.5) is 5.82 Å². The van der Waals surface area contributed by atoms with E-state index in [1.165, 1.54) is 0 Å². The number of hydrogen-bond acceptors (Lipinski definition) is 6. The first-order chi connectivity index (χ1) is 15.2. The van der Waals surface area contributed by atoms with Gasteiger partial charge in [0.1, 0.15) is 22.7 Å². The van der Waals surface area contributed by atoms with Gasteiger partial charge >= 0.3 is 0 Å². The number of hydrogen-bond donors (Lipinski definition) is 3. The van der Waals surface area contributed by atoms with Crippen LogP contribution >= 0.6 is 0 Å². The lowest BCUT2D eigenvalue weighted by Gasteiger charge is -2.29. The molecule has 1 unspecified atom stereocenters. The summed E-state index contributed by atoms with van der Waals surface area (Å²) in [5.74, 6) is 2.18. The van der Waals surface area contributed by atoms with Crippen LogP contribution in [0.15, 0.2) is 42.7 Å². The molecule has 5 rings (SSSR count). The number of benzene rings is 1. The van der Waals surface area contributed by atoms with Gasteiger partial charge in [0.05, 0.1) is 12.1 Å². The number of nitrogens with one attached hydrogen (secondary N) is 2. The number of nitrogens with two attached hydrogens (primary N) is 1. The molecule has 0 aliphatic carbocycles. The number of rotatable bonds is 6. The molecular formula is C24H28N6O. The maximum Gasteiger partial charge on any atom is 0.150 e. The van der Waals surface area contributed by atoms with Gasteiger partial charge in [-0.3, -0.25) is 4.98 Å². The third kappa shape index (κ3) is 3.86. The second kappa shape index (κ2) is 8.61. The molecule has 4 aromatic rings. The lowest BCUT2D eigenvalue weighted by molar-refractivity contribution is 0.105. The first-order valence-corrected chi connectivity index (χ1v) is 11.0. The van der Waals surface area contributed by atoms with Crippen LogP contribution in [-0.2, 0) is 4.74 Å². The maximum atomic E-state index is 6.37. The molecule has 1 aliphatic rings. The number of aromatic amines is 1. The molecule has 1 fully saturated rings. The standard InChI is InChI=1S/C24H28N6O/c1-2-31-14-19(15-7-10-26-11-8-15)24-29-21-18-6-5-16(17-4-3-9-27-13-17)12-20(18)28-23(25)22(21)30-24/h3-6,9,12-13,15,19,26H,2,7-8,10-11,14H2,1H3,(H2,25,28)(H,29,30). The molecule has 0 bridgehead atoms. The van der Waals surface area contributed by atoms with Crippen LogP contribution in [-0.4, -0.2) is 46.2 Å². The lowest BCUT2D eigenvalue weighted by Crippen LogP contribution is -2.32. The maximum absolute atomic E-state index is 6.37. The number of H-pyrrole nitrogens is 1. The molecule has 0 radical (unpaired) electrons. The van der Waals surface area contributed by atoms with E-state index in [0.717, 1.165) is 64.8 Å². The van der Waals surface area contributed by atoms with Crippen molar-refractivity contribution in [2.24, 2.45) is 5.92 Å². The highest BCUT2D eigenvalue weighted by Crippen LogP contribution is 2.34. The van der Waals surface area contributed by atoms with Gasteiger partial charge < -0.3 is 20.8 Å². The van der Waals surface area contributed by atoms with Gasteiger partial charge in [-0.15, -0.1) is 0 Å². The summed E-state index contributed by atoms with van der Waals surface area (Å²) in [7, 11) is 0. The van der Waals surface area contributed by atoms with Crippen molar-refractivity contribution in [2.45, 2.75) is 25.7 Å². The van der Waals surface area contributed by atoms with Gasteiger partial charge in [-0.1, -0.05) is 12.1 Å². The van der Waals surface area contributed by atoms with Gasteiger partial charge in [-0.2, -0.15) is 0 Å². The molecular weight excluding hydrogens is 388 g/mol. The van der Waals surface area contributed by atoms with Crippen LogP contribution in [0.5, 0.6) is 0 Å². The van der Waals surface area contributed by atoms with E-state index >= 15 is 0 Å². The summed E-state index contributed by atoms with van der Waals surface area (Å²) in [6.07, 6.45) is 5.87. The Kier molecular flexibility index (Phi) is 5.53. The molecule has 4 heterocycles. The summed E-state index contributed by atoms with van der Waals surface area (Å²) in [6.45, 7) is 5.48. The second-order valence-corrected chi connectivity index (χ2v) is 8.17. The van der Waals surface area contributed by atoms with Crippen LogP contribution in [0.25, 0.3) is 33.1 Å². The summed E-state index contributed by atoms with van der Waals surface area (Å²) in [4.78, 5) is 17.4. The van der Waals surface area contributed by atoms with E-state index in [9.17, 15) is 0 Å². The van der Waals surface area contributed by atoms with Gasteiger partial charge in [0.15, 0.2) is 0 Å². The molecule has 1 aliphatic heterocycles. The molecule has 160 valence electrons. The first kappa shape index (κ1) is 19.9. The van der Waals surface area contributed by atoms with Crippen molar-refractivity contribution in [3.63, 3.8) is 0 Å². The van der Waals surface area contributed by atoms with E-state index in [4.69, 9.17) is 15.5 Å². The predicted octanol–water partition coefficient (Wildman–Crippen LogP) is 3.88. The minimum atomic E-state index is 0.221. The molecule has 1 atom stereocenters. The van der Waals surface area contributed by atoms with E-state index in [0.29, 0.717) is 24.9 Å². The van der Waals surface area contributed by atoms with Gasteiger partial charge in [-0.05, 0) is 62.5 Å². The highest BCUT2D eigenvalue weighted by Gasteiger charge is 2.28. The van der Waals surface area contributed by atoms with Crippen LogP contribution in [0.2, 0.25) is 0 Å². The largest absolute Gasteiger partial charge is 0.382 e. The number of nitrogens with zero attached hydrogens (tertiary/aromatic N) is 3. The van der Waals surface area contributed by atoms with E-state index in [2.05, 4.69) is 38.5 Å². The van der Waals surface area contributed by atoms with Crippen LogP contribution in [0.1, 0.15) is 31.5 Å². The van der Waals surface area contributed by atoms with Crippen molar-refractivity contribution < 1.29 is 4.74 Å². The normalized spacial score (nSPS) is 16.2. The Balaban J connectivity index is 1.59. The summed E-state index contributed by atoms with van der Waals surface area (Å²) in [5.41, 5.74) is 11.0. The summed E-state index contributed by atoms with van der Waals surface area (Å²) in [6, 6.07) is 10.2. The Morgan fingerprint density at radius 1 is 1.16 bits per heavy atom. The number of anilines is 1. The predicted molar refractivity (Wildman–Crippen MR) is 124 cm³/mol. The minimum absolute atomic E-state index is 0.221. The SMILES string of the molecule is CCOCC(c1nc2c([nH]1)c(N)nc1cc(-c3cccnc3)ccc12)C1CCNCC1. The van der Waals surface area contributed by atoms with Crippen molar-refractivity contribution in [2.75, 3.05) is 32.0 Å². The zero-order valence-electron chi connectivity index (χ0n) is 17.8. The average Bonchev–Trinajstić information content (AvgIpc) is 3.26. The van der Waals surface area contributed by atoms with Gasteiger partial charge in [0.2, 0.25) is 0 Å². The number of imidazole rings is 1. The van der Waals surface area contributed by atoms with Gasteiger partial charge in [-0.25, -0.2) is 9.97 Å². The third-order valence-corrected chi connectivity index (χ3v) is 6.27. The lowest BCUT2D eigenvalue weighted by atomic mass is 9.85. The van der Waals surface area contributed by atoms with E-state index in [1.54, 1.807) is 6.20 Å². The Hall–Kier alpha value is -3.03. The smallest absolute Gasteiger partial charge is 0.150 e. The Labute approximate surface area is 181 Å². The van der Waals surface area contributed by atoms with Gasteiger partial charge in [0.25, 0.3) is 0 Å². The van der Waals surface area contributed by atoms with Crippen molar-refractivity contribution in [1.82, 2.24) is 25.3 Å². The van der Waals surface area contributed by atoms with Crippen LogP contribution < -0.4 is 11.1 Å². The Morgan fingerprint density at radius 3 is 2.81 bits per heavy atom. The molecule has 3 aromatic heterocycles. The fourth-order valence-corrected chi connectivity index (χ4v) is 4.60. The number of pyridine rings is 2. The molecule has 0 spiro atoms. The van der Waals surface area contributed by atoms with Crippen molar-refractivity contribution >= 4 is 27.8 Å². The molecule has 7 nitrogen and oxygen atoms in total.